The van der Waals surface area contributed by atoms with E-state index < -0.39 is 11.7 Å². The van der Waals surface area contributed by atoms with Crippen molar-refractivity contribution in [2.75, 3.05) is 17.7 Å². The molecule has 2 rings (SSSR count). The zero-order valence-electron chi connectivity index (χ0n) is 16.9. The molecule has 0 aromatic heterocycles. The Bertz CT molecular complexity index is 833. The second-order valence-electron chi connectivity index (χ2n) is 8.79. The molecule has 0 spiro atoms. The van der Waals surface area contributed by atoms with Crippen molar-refractivity contribution in [3.63, 3.8) is 0 Å². The Balaban J connectivity index is 2.17. The van der Waals surface area contributed by atoms with Gasteiger partial charge in [-0.3, -0.25) is 4.79 Å². The number of halogens is 1. The number of carbonyl (C=O) groups is 1. The van der Waals surface area contributed by atoms with Crippen LogP contribution in [-0.4, -0.2) is 12.5 Å². The molecule has 146 valence electrons. The van der Waals surface area contributed by atoms with Crippen molar-refractivity contribution in [3.8, 4) is 5.75 Å². The Kier molecular flexibility index (Phi) is 5.83. The molecule has 0 aliphatic heterocycles. The van der Waals surface area contributed by atoms with E-state index >= 15 is 0 Å². The van der Waals surface area contributed by atoms with Gasteiger partial charge in [-0.2, -0.15) is 0 Å². The average molecular weight is 372 g/mol. The number of nitrogen functional groups attached to an aromatic ring is 1. The minimum atomic E-state index is -0.539. The van der Waals surface area contributed by atoms with E-state index in [4.69, 9.17) is 10.5 Å². The topological polar surface area (TPSA) is 64.3 Å². The highest BCUT2D eigenvalue weighted by Crippen LogP contribution is 2.35. The van der Waals surface area contributed by atoms with Gasteiger partial charge in [0.1, 0.15) is 11.6 Å². The Hall–Kier alpha value is -2.56. The number of anilines is 2. The summed E-state index contributed by atoms with van der Waals surface area (Å²) < 4.78 is 19.5. The summed E-state index contributed by atoms with van der Waals surface area (Å²) in [5, 5.41) is 2.50. The van der Waals surface area contributed by atoms with Crippen molar-refractivity contribution < 1.29 is 13.9 Å². The van der Waals surface area contributed by atoms with Crippen LogP contribution in [0.5, 0.6) is 5.75 Å². The number of nitrogens with two attached hydrogens (primary N) is 1. The SMILES string of the molecule is CC(C)(C)c1ccc(OCC(=O)Nc2cc(N)ccc2F)c(C(C)(C)C)c1. The largest absolute Gasteiger partial charge is 0.483 e. The molecule has 0 saturated carbocycles. The number of hydrogen-bond donors (Lipinski definition) is 2. The van der Waals surface area contributed by atoms with Gasteiger partial charge < -0.3 is 15.8 Å². The number of ether oxygens (including phenoxy) is 1. The second-order valence-corrected chi connectivity index (χ2v) is 8.79. The van der Waals surface area contributed by atoms with Crippen LogP contribution in [-0.2, 0) is 15.6 Å². The molecule has 0 fully saturated rings. The molecule has 3 N–H and O–H groups in total. The Morgan fingerprint density at radius 2 is 1.70 bits per heavy atom. The Morgan fingerprint density at radius 3 is 2.30 bits per heavy atom. The van der Waals surface area contributed by atoms with Gasteiger partial charge in [-0.25, -0.2) is 4.39 Å². The maximum atomic E-state index is 13.8. The van der Waals surface area contributed by atoms with Crippen molar-refractivity contribution in [3.05, 3.63) is 53.3 Å². The minimum Gasteiger partial charge on any atom is -0.483 e. The van der Waals surface area contributed by atoms with Crippen molar-refractivity contribution in [1.82, 2.24) is 0 Å². The summed E-state index contributed by atoms with van der Waals surface area (Å²) in [6, 6.07) is 10.1. The van der Waals surface area contributed by atoms with E-state index in [0.29, 0.717) is 11.4 Å². The number of benzene rings is 2. The van der Waals surface area contributed by atoms with E-state index in [9.17, 15) is 9.18 Å². The van der Waals surface area contributed by atoms with Crippen LogP contribution in [0.25, 0.3) is 0 Å². The summed E-state index contributed by atoms with van der Waals surface area (Å²) in [4.78, 5) is 12.2. The van der Waals surface area contributed by atoms with Crippen LogP contribution in [0.3, 0.4) is 0 Å². The molecule has 0 unspecified atom stereocenters. The normalized spacial score (nSPS) is 12.0. The quantitative estimate of drug-likeness (QED) is 0.741. The fourth-order valence-electron chi connectivity index (χ4n) is 2.68. The predicted molar refractivity (Wildman–Crippen MR) is 109 cm³/mol. The van der Waals surface area contributed by atoms with Crippen LogP contribution in [0.4, 0.5) is 15.8 Å². The molecule has 0 aliphatic carbocycles. The molecular weight excluding hydrogens is 343 g/mol. The first-order valence-electron chi connectivity index (χ1n) is 9.00. The molecule has 0 radical (unpaired) electrons. The van der Waals surface area contributed by atoms with Crippen LogP contribution in [0, 0.1) is 5.82 Å². The van der Waals surface area contributed by atoms with E-state index in [2.05, 4.69) is 52.9 Å². The number of hydrogen-bond acceptors (Lipinski definition) is 3. The highest BCUT2D eigenvalue weighted by atomic mass is 19.1. The van der Waals surface area contributed by atoms with E-state index in [1.807, 2.05) is 12.1 Å². The lowest BCUT2D eigenvalue weighted by Crippen LogP contribution is -2.23. The molecule has 2 aromatic carbocycles. The maximum Gasteiger partial charge on any atom is 0.262 e. The Morgan fingerprint density at radius 1 is 1.04 bits per heavy atom. The number of rotatable bonds is 4. The van der Waals surface area contributed by atoms with Crippen molar-refractivity contribution in [2.45, 2.75) is 52.4 Å². The molecule has 4 nitrogen and oxygen atoms in total. The fourth-order valence-corrected chi connectivity index (χ4v) is 2.68. The van der Waals surface area contributed by atoms with Gasteiger partial charge in [0.2, 0.25) is 0 Å². The molecular formula is C22H29FN2O2. The molecule has 0 saturated heterocycles. The lowest BCUT2D eigenvalue weighted by Gasteiger charge is -2.27. The first kappa shape index (κ1) is 20.7. The standard InChI is InChI=1S/C22H29FN2O2/c1-21(2,3)14-7-10-19(16(11-14)22(4,5)6)27-13-20(26)25-18-12-15(24)8-9-17(18)23/h7-12H,13,24H2,1-6H3,(H,25,26). The molecule has 0 aliphatic rings. The fraction of sp³-hybridized carbons (Fsp3) is 0.409. The van der Waals surface area contributed by atoms with Gasteiger partial charge in [-0.05, 0) is 46.2 Å². The summed E-state index contributed by atoms with van der Waals surface area (Å²) in [5.74, 6) is -0.333. The molecule has 5 heteroatoms. The molecule has 0 bridgehead atoms. The van der Waals surface area contributed by atoms with E-state index in [1.54, 1.807) is 0 Å². The summed E-state index contributed by atoms with van der Waals surface area (Å²) in [6.07, 6.45) is 0. The van der Waals surface area contributed by atoms with Gasteiger partial charge in [-0.1, -0.05) is 53.7 Å². The summed E-state index contributed by atoms with van der Waals surface area (Å²) in [6.45, 7) is 12.6. The molecule has 0 heterocycles. The first-order valence-corrected chi connectivity index (χ1v) is 9.00. The second kappa shape index (κ2) is 7.59. The van der Waals surface area contributed by atoms with E-state index in [0.717, 1.165) is 5.56 Å². The van der Waals surface area contributed by atoms with Crippen molar-refractivity contribution in [1.29, 1.82) is 0 Å². The van der Waals surface area contributed by atoms with Gasteiger partial charge in [0, 0.05) is 5.69 Å². The van der Waals surface area contributed by atoms with Gasteiger partial charge in [0.05, 0.1) is 5.69 Å². The summed E-state index contributed by atoms with van der Waals surface area (Å²) >= 11 is 0. The summed E-state index contributed by atoms with van der Waals surface area (Å²) in [7, 11) is 0. The number of nitrogens with one attached hydrogen (secondary N) is 1. The molecule has 2 aromatic rings. The van der Waals surface area contributed by atoms with E-state index in [-0.39, 0.29) is 23.1 Å². The zero-order chi connectivity index (χ0) is 20.4. The zero-order valence-corrected chi connectivity index (χ0v) is 16.9. The van der Waals surface area contributed by atoms with Gasteiger partial charge >= 0.3 is 0 Å². The van der Waals surface area contributed by atoms with Crippen LogP contribution in [0.1, 0.15) is 52.7 Å². The lowest BCUT2D eigenvalue weighted by atomic mass is 9.80. The first-order chi connectivity index (χ1) is 12.4. The van der Waals surface area contributed by atoms with Crippen molar-refractivity contribution in [2.24, 2.45) is 0 Å². The highest BCUT2D eigenvalue weighted by Gasteiger charge is 2.23. The average Bonchev–Trinajstić information content (AvgIpc) is 2.54. The van der Waals surface area contributed by atoms with Crippen LogP contribution in [0.2, 0.25) is 0 Å². The van der Waals surface area contributed by atoms with Crippen LogP contribution in [0.15, 0.2) is 36.4 Å². The monoisotopic (exact) mass is 372 g/mol. The van der Waals surface area contributed by atoms with Gasteiger partial charge in [0.15, 0.2) is 6.61 Å². The summed E-state index contributed by atoms with van der Waals surface area (Å²) in [5.41, 5.74) is 8.15. The minimum absolute atomic E-state index is 0.0146. The predicted octanol–water partition coefficient (Wildman–Crippen LogP) is 5.02. The third-order valence-electron chi connectivity index (χ3n) is 4.28. The molecule has 27 heavy (non-hydrogen) atoms. The Labute approximate surface area is 160 Å². The van der Waals surface area contributed by atoms with Crippen molar-refractivity contribution >= 4 is 17.3 Å². The van der Waals surface area contributed by atoms with Gasteiger partial charge in [-0.15, -0.1) is 0 Å². The number of amides is 1. The van der Waals surface area contributed by atoms with E-state index in [1.165, 1.54) is 23.8 Å². The smallest absolute Gasteiger partial charge is 0.262 e. The molecule has 1 amide bonds. The highest BCUT2D eigenvalue weighted by molar-refractivity contribution is 5.92. The van der Waals surface area contributed by atoms with Crippen LogP contribution < -0.4 is 15.8 Å². The maximum absolute atomic E-state index is 13.8. The van der Waals surface area contributed by atoms with Crippen LogP contribution >= 0.6 is 0 Å². The third kappa shape index (κ3) is 5.46. The van der Waals surface area contributed by atoms with Gasteiger partial charge in [0.25, 0.3) is 5.91 Å². The number of carbonyl (C=O) groups excluding carboxylic acids is 1. The third-order valence-corrected chi connectivity index (χ3v) is 4.28. The lowest BCUT2D eigenvalue weighted by molar-refractivity contribution is -0.118. The molecule has 0 atom stereocenters.